The standard InChI is InChI=1S/C16H15N3O2/c1-17-15(20)11-5-3-4-10(8-11)13-9-19(2)16(21)14-12(13)6-7-18-14/h3-9,18H,1-2H3,(H,17,20). The molecule has 0 aliphatic heterocycles. The van der Waals surface area contributed by atoms with Gasteiger partial charge in [0.1, 0.15) is 5.52 Å². The molecule has 0 atom stereocenters. The molecule has 0 aliphatic rings. The molecule has 3 aromatic rings. The van der Waals surface area contributed by atoms with Crippen LogP contribution < -0.4 is 10.9 Å². The minimum Gasteiger partial charge on any atom is -0.357 e. The summed E-state index contributed by atoms with van der Waals surface area (Å²) in [6, 6.07) is 9.23. The number of hydrogen-bond donors (Lipinski definition) is 2. The fraction of sp³-hybridized carbons (Fsp3) is 0.125. The molecule has 2 aromatic heterocycles. The third-order valence-corrected chi connectivity index (χ3v) is 3.56. The van der Waals surface area contributed by atoms with E-state index in [0.29, 0.717) is 11.1 Å². The highest BCUT2D eigenvalue weighted by Gasteiger charge is 2.11. The number of H-pyrrole nitrogens is 1. The number of nitrogens with one attached hydrogen (secondary N) is 2. The number of aromatic amines is 1. The van der Waals surface area contributed by atoms with E-state index in [0.717, 1.165) is 16.5 Å². The Balaban J connectivity index is 2.26. The third-order valence-electron chi connectivity index (χ3n) is 3.56. The van der Waals surface area contributed by atoms with Gasteiger partial charge in [0.15, 0.2) is 0 Å². The highest BCUT2D eigenvalue weighted by molar-refractivity contribution is 5.98. The normalized spacial score (nSPS) is 10.8. The lowest BCUT2D eigenvalue weighted by Gasteiger charge is -2.08. The van der Waals surface area contributed by atoms with Gasteiger partial charge in [-0.15, -0.1) is 0 Å². The van der Waals surface area contributed by atoms with Gasteiger partial charge in [-0.05, 0) is 23.8 Å². The fourth-order valence-corrected chi connectivity index (χ4v) is 2.47. The first-order chi connectivity index (χ1) is 10.1. The van der Waals surface area contributed by atoms with Crippen LogP contribution in [0.25, 0.3) is 22.0 Å². The van der Waals surface area contributed by atoms with E-state index in [9.17, 15) is 9.59 Å². The van der Waals surface area contributed by atoms with Gasteiger partial charge >= 0.3 is 0 Å². The van der Waals surface area contributed by atoms with E-state index in [-0.39, 0.29) is 11.5 Å². The Hall–Kier alpha value is -2.82. The zero-order valence-corrected chi connectivity index (χ0v) is 11.8. The van der Waals surface area contributed by atoms with Gasteiger partial charge < -0.3 is 14.9 Å². The number of carbonyl (C=O) groups is 1. The summed E-state index contributed by atoms with van der Waals surface area (Å²) in [7, 11) is 3.32. The number of amides is 1. The van der Waals surface area contributed by atoms with Gasteiger partial charge in [-0.1, -0.05) is 12.1 Å². The van der Waals surface area contributed by atoms with Gasteiger partial charge in [-0.3, -0.25) is 9.59 Å². The van der Waals surface area contributed by atoms with Gasteiger partial charge in [-0.25, -0.2) is 0 Å². The van der Waals surface area contributed by atoms with E-state index in [1.165, 1.54) is 0 Å². The Labute approximate surface area is 121 Å². The van der Waals surface area contributed by atoms with Crippen LogP contribution in [0.15, 0.2) is 47.5 Å². The van der Waals surface area contributed by atoms with Gasteiger partial charge in [0.25, 0.3) is 11.5 Å². The van der Waals surface area contributed by atoms with Crippen LogP contribution in [-0.4, -0.2) is 22.5 Å². The summed E-state index contributed by atoms with van der Waals surface area (Å²) in [5.74, 6) is -0.132. The molecular weight excluding hydrogens is 266 g/mol. The van der Waals surface area contributed by atoms with Crippen molar-refractivity contribution in [1.29, 1.82) is 0 Å². The van der Waals surface area contributed by atoms with E-state index >= 15 is 0 Å². The molecule has 106 valence electrons. The Morgan fingerprint density at radius 3 is 2.86 bits per heavy atom. The second-order valence-corrected chi connectivity index (χ2v) is 4.89. The molecule has 5 heteroatoms. The van der Waals surface area contributed by atoms with Gasteiger partial charge in [0.05, 0.1) is 0 Å². The molecule has 0 aliphatic carbocycles. The molecule has 0 spiro atoms. The molecule has 2 heterocycles. The first-order valence-corrected chi connectivity index (χ1v) is 6.61. The van der Waals surface area contributed by atoms with Crippen molar-refractivity contribution >= 4 is 16.8 Å². The lowest BCUT2D eigenvalue weighted by Crippen LogP contribution is -2.18. The predicted octanol–water partition coefficient (Wildman–Crippen LogP) is 1.89. The minimum absolute atomic E-state index is 0.0683. The molecule has 0 saturated carbocycles. The average Bonchev–Trinajstić information content (AvgIpc) is 3.00. The van der Waals surface area contributed by atoms with Crippen molar-refractivity contribution in [3.8, 4) is 11.1 Å². The van der Waals surface area contributed by atoms with Gasteiger partial charge in [-0.2, -0.15) is 0 Å². The van der Waals surface area contributed by atoms with Gasteiger partial charge in [0.2, 0.25) is 0 Å². The van der Waals surface area contributed by atoms with Crippen LogP contribution in [0.2, 0.25) is 0 Å². The van der Waals surface area contributed by atoms with Crippen molar-refractivity contribution < 1.29 is 4.79 Å². The molecule has 1 amide bonds. The Bertz CT molecular complexity index is 890. The van der Waals surface area contributed by atoms with Crippen LogP contribution in [0.5, 0.6) is 0 Å². The van der Waals surface area contributed by atoms with E-state index in [4.69, 9.17) is 0 Å². The first kappa shape index (κ1) is 13.2. The summed E-state index contributed by atoms with van der Waals surface area (Å²) < 4.78 is 1.54. The highest BCUT2D eigenvalue weighted by Crippen LogP contribution is 2.26. The zero-order chi connectivity index (χ0) is 15.0. The van der Waals surface area contributed by atoms with Crippen LogP contribution >= 0.6 is 0 Å². The zero-order valence-electron chi connectivity index (χ0n) is 11.8. The molecule has 1 aromatic carbocycles. The maximum Gasteiger partial charge on any atom is 0.274 e. The van der Waals surface area contributed by atoms with Gasteiger partial charge in [0, 0.05) is 43.0 Å². The lowest BCUT2D eigenvalue weighted by atomic mass is 10.0. The molecule has 0 bridgehead atoms. The smallest absolute Gasteiger partial charge is 0.274 e. The Morgan fingerprint density at radius 1 is 1.29 bits per heavy atom. The van der Waals surface area contributed by atoms with E-state index in [2.05, 4.69) is 10.3 Å². The molecule has 3 rings (SSSR count). The molecule has 0 unspecified atom stereocenters. The van der Waals surface area contributed by atoms with Crippen LogP contribution in [0.1, 0.15) is 10.4 Å². The number of aromatic nitrogens is 2. The van der Waals surface area contributed by atoms with E-state index in [1.54, 1.807) is 37.1 Å². The molecule has 0 radical (unpaired) electrons. The molecular formula is C16H15N3O2. The summed E-state index contributed by atoms with van der Waals surface area (Å²) in [6.07, 6.45) is 3.54. The Kier molecular flexibility index (Phi) is 3.10. The van der Waals surface area contributed by atoms with Crippen molar-refractivity contribution in [2.75, 3.05) is 7.05 Å². The summed E-state index contributed by atoms with van der Waals surface area (Å²) in [5.41, 5.74) is 2.91. The molecule has 0 fully saturated rings. The quantitative estimate of drug-likeness (QED) is 0.753. The molecule has 5 nitrogen and oxygen atoms in total. The van der Waals surface area contributed by atoms with Crippen LogP contribution in [0.4, 0.5) is 0 Å². The molecule has 2 N–H and O–H groups in total. The van der Waals surface area contributed by atoms with Crippen molar-refractivity contribution in [1.82, 2.24) is 14.9 Å². The number of rotatable bonds is 2. The minimum atomic E-state index is -0.132. The summed E-state index contributed by atoms with van der Waals surface area (Å²) in [4.78, 5) is 26.8. The number of benzene rings is 1. The number of nitrogens with zero attached hydrogens (tertiary/aromatic N) is 1. The number of fused-ring (bicyclic) bond motifs is 1. The van der Waals surface area contributed by atoms with Crippen LogP contribution in [0, 0.1) is 0 Å². The fourth-order valence-electron chi connectivity index (χ4n) is 2.47. The largest absolute Gasteiger partial charge is 0.357 e. The number of aryl methyl sites for hydroxylation is 1. The van der Waals surface area contributed by atoms with Crippen molar-refractivity contribution in [2.45, 2.75) is 0 Å². The average molecular weight is 281 g/mol. The predicted molar refractivity (Wildman–Crippen MR) is 82.4 cm³/mol. The van der Waals surface area contributed by atoms with Crippen LogP contribution in [-0.2, 0) is 7.05 Å². The summed E-state index contributed by atoms with van der Waals surface area (Å²) in [6.45, 7) is 0. The summed E-state index contributed by atoms with van der Waals surface area (Å²) in [5, 5.41) is 3.47. The maximum atomic E-state index is 12.1. The highest BCUT2D eigenvalue weighted by atomic mass is 16.1. The molecule has 21 heavy (non-hydrogen) atoms. The van der Waals surface area contributed by atoms with E-state index < -0.39 is 0 Å². The second-order valence-electron chi connectivity index (χ2n) is 4.89. The van der Waals surface area contributed by atoms with Crippen molar-refractivity contribution in [3.05, 3.63) is 58.6 Å². The first-order valence-electron chi connectivity index (χ1n) is 6.61. The van der Waals surface area contributed by atoms with E-state index in [1.807, 2.05) is 24.3 Å². The molecule has 0 saturated heterocycles. The third kappa shape index (κ3) is 2.12. The monoisotopic (exact) mass is 281 g/mol. The number of pyridine rings is 1. The summed E-state index contributed by atoms with van der Waals surface area (Å²) >= 11 is 0. The second kappa shape index (κ2) is 4.94. The topological polar surface area (TPSA) is 66.9 Å². The SMILES string of the molecule is CNC(=O)c1cccc(-c2cn(C)c(=O)c3[nH]ccc23)c1. The maximum absolute atomic E-state index is 12.1. The number of carbonyl (C=O) groups excluding carboxylic acids is 1. The van der Waals surface area contributed by atoms with Crippen molar-refractivity contribution in [2.24, 2.45) is 7.05 Å². The lowest BCUT2D eigenvalue weighted by molar-refractivity contribution is 0.0963. The Morgan fingerprint density at radius 2 is 2.10 bits per heavy atom. The number of hydrogen-bond acceptors (Lipinski definition) is 2. The van der Waals surface area contributed by atoms with Crippen LogP contribution in [0.3, 0.4) is 0 Å². The van der Waals surface area contributed by atoms with Crippen molar-refractivity contribution in [3.63, 3.8) is 0 Å².